The Hall–Kier alpha value is -1.55. The molecule has 88 valence electrons. The second-order valence-electron chi connectivity index (χ2n) is 3.51. The molecule has 2 rings (SSSR count). The van der Waals surface area contributed by atoms with Crippen molar-refractivity contribution in [3.05, 3.63) is 52.6 Å². The molecule has 0 radical (unpaired) electrons. The minimum Gasteiger partial charge on any atom is -0.486 e. The Kier molecular flexibility index (Phi) is 3.98. The summed E-state index contributed by atoms with van der Waals surface area (Å²) in [6.07, 6.45) is 0. The summed E-state index contributed by atoms with van der Waals surface area (Å²) in [5.74, 6) is 1.55. The van der Waals surface area contributed by atoms with Gasteiger partial charge in [-0.2, -0.15) is 0 Å². The summed E-state index contributed by atoms with van der Waals surface area (Å²) in [5, 5.41) is 2.97. The monoisotopic (exact) mass is 292 g/mol. The molecule has 1 aromatic heterocycles. The van der Waals surface area contributed by atoms with Gasteiger partial charge in [0.15, 0.2) is 5.75 Å². The molecule has 1 N–H and O–H groups in total. The fourth-order valence-electron chi connectivity index (χ4n) is 1.40. The van der Waals surface area contributed by atoms with E-state index in [1.54, 1.807) is 0 Å². The van der Waals surface area contributed by atoms with E-state index in [2.05, 4.69) is 26.2 Å². The molecule has 0 aliphatic carbocycles. The highest BCUT2D eigenvalue weighted by Crippen LogP contribution is 2.25. The average Bonchev–Trinajstić information content (AvgIpc) is 2.38. The van der Waals surface area contributed by atoms with Gasteiger partial charge in [-0.1, -0.05) is 30.3 Å². The van der Waals surface area contributed by atoms with Crippen LogP contribution in [0.1, 0.15) is 5.56 Å². The van der Waals surface area contributed by atoms with Crippen LogP contribution in [0.25, 0.3) is 0 Å². The predicted octanol–water partition coefficient (Wildman–Crippen LogP) is 3.46. The van der Waals surface area contributed by atoms with Crippen molar-refractivity contribution in [2.75, 3.05) is 12.4 Å². The summed E-state index contributed by atoms with van der Waals surface area (Å²) >= 11 is 3.39. The van der Waals surface area contributed by atoms with Crippen LogP contribution < -0.4 is 10.1 Å². The van der Waals surface area contributed by atoms with Crippen molar-refractivity contribution in [1.82, 2.24) is 4.98 Å². The van der Waals surface area contributed by atoms with Gasteiger partial charge in [0.25, 0.3) is 0 Å². The average molecular weight is 293 g/mol. The standard InChI is InChI=1S/C13H13BrN2O/c1-15-12-8-7-11(13(14)16-12)17-9-10-5-3-2-4-6-10/h2-8H,9H2,1H3,(H,15,16). The van der Waals surface area contributed by atoms with Gasteiger partial charge in [0.1, 0.15) is 17.0 Å². The van der Waals surface area contributed by atoms with E-state index < -0.39 is 0 Å². The molecule has 0 amide bonds. The van der Waals surface area contributed by atoms with Crippen LogP contribution in [0.2, 0.25) is 0 Å². The molecule has 0 unspecified atom stereocenters. The number of nitrogens with zero attached hydrogens (tertiary/aromatic N) is 1. The number of aromatic nitrogens is 1. The molecule has 3 nitrogen and oxygen atoms in total. The number of halogens is 1. The Labute approximate surface area is 109 Å². The second-order valence-corrected chi connectivity index (χ2v) is 4.26. The van der Waals surface area contributed by atoms with Gasteiger partial charge in [0, 0.05) is 7.05 Å². The lowest BCUT2D eigenvalue weighted by Crippen LogP contribution is -1.98. The van der Waals surface area contributed by atoms with E-state index in [1.165, 1.54) is 0 Å². The summed E-state index contributed by atoms with van der Waals surface area (Å²) in [6, 6.07) is 13.8. The molecule has 4 heteroatoms. The molecule has 0 fully saturated rings. The Morgan fingerprint density at radius 2 is 1.94 bits per heavy atom. The van der Waals surface area contributed by atoms with Gasteiger partial charge >= 0.3 is 0 Å². The van der Waals surface area contributed by atoms with Crippen molar-refractivity contribution >= 4 is 21.7 Å². The lowest BCUT2D eigenvalue weighted by molar-refractivity contribution is 0.303. The topological polar surface area (TPSA) is 34.1 Å². The van der Waals surface area contributed by atoms with Crippen molar-refractivity contribution in [3.63, 3.8) is 0 Å². The molecule has 1 heterocycles. The van der Waals surface area contributed by atoms with Crippen LogP contribution in [0.15, 0.2) is 47.1 Å². The van der Waals surface area contributed by atoms with E-state index in [4.69, 9.17) is 4.74 Å². The van der Waals surface area contributed by atoms with Crippen LogP contribution in [0.4, 0.5) is 5.82 Å². The molecule has 0 bridgehead atoms. The first kappa shape index (κ1) is 11.9. The number of benzene rings is 1. The summed E-state index contributed by atoms with van der Waals surface area (Å²) in [5.41, 5.74) is 1.14. The molecule has 0 aliphatic heterocycles. The number of pyridine rings is 1. The van der Waals surface area contributed by atoms with Gasteiger partial charge in [-0.3, -0.25) is 0 Å². The molecular weight excluding hydrogens is 280 g/mol. The van der Waals surface area contributed by atoms with E-state index in [0.29, 0.717) is 11.2 Å². The summed E-state index contributed by atoms with van der Waals surface area (Å²) in [6.45, 7) is 0.542. The first-order chi connectivity index (χ1) is 8.29. The maximum absolute atomic E-state index is 5.69. The molecule has 2 aromatic rings. The quantitative estimate of drug-likeness (QED) is 0.877. The van der Waals surface area contributed by atoms with Gasteiger partial charge < -0.3 is 10.1 Å². The van der Waals surface area contributed by atoms with Gasteiger partial charge in [0.2, 0.25) is 0 Å². The van der Waals surface area contributed by atoms with Gasteiger partial charge in [0.05, 0.1) is 0 Å². The molecule has 0 saturated heterocycles. The zero-order valence-corrected chi connectivity index (χ0v) is 11.1. The third-order valence-corrected chi connectivity index (χ3v) is 2.88. The SMILES string of the molecule is CNc1ccc(OCc2ccccc2)c(Br)n1. The second kappa shape index (κ2) is 5.68. The first-order valence-electron chi connectivity index (χ1n) is 5.30. The van der Waals surface area contributed by atoms with Crippen LogP contribution in [-0.2, 0) is 6.61 Å². The summed E-state index contributed by atoms with van der Waals surface area (Å²) in [7, 11) is 1.83. The summed E-state index contributed by atoms with van der Waals surface area (Å²) in [4.78, 5) is 4.28. The maximum Gasteiger partial charge on any atom is 0.152 e. The van der Waals surface area contributed by atoms with Crippen molar-refractivity contribution < 1.29 is 4.74 Å². The number of hydrogen-bond donors (Lipinski definition) is 1. The maximum atomic E-state index is 5.69. The minimum absolute atomic E-state index is 0.542. The van der Waals surface area contributed by atoms with Crippen LogP contribution >= 0.6 is 15.9 Å². The third kappa shape index (κ3) is 3.20. The number of rotatable bonds is 4. The van der Waals surface area contributed by atoms with Crippen molar-refractivity contribution in [1.29, 1.82) is 0 Å². The molecule has 0 aliphatic rings. The highest BCUT2D eigenvalue weighted by atomic mass is 79.9. The van der Waals surface area contributed by atoms with E-state index in [1.807, 2.05) is 49.5 Å². The fraction of sp³-hybridized carbons (Fsp3) is 0.154. The Bertz CT molecular complexity index is 488. The lowest BCUT2D eigenvalue weighted by atomic mass is 10.2. The van der Waals surface area contributed by atoms with E-state index in [0.717, 1.165) is 17.1 Å². The number of anilines is 1. The highest BCUT2D eigenvalue weighted by molar-refractivity contribution is 9.10. The molecule has 0 saturated carbocycles. The fourth-order valence-corrected chi connectivity index (χ4v) is 1.84. The number of nitrogens with one attached hydrogen (secondary N) is 1. The van der Waals surface area contributed by atoms with Crippen molar-refractivity contribution in [2.45, 2.75) is 6.61 Å². The molecule has 1 aromatic carbocycles. The normalized spacial score (nSPS) is 10.0. The molecule has 0 atom stereocenters. The van der Waals surface area contributed by atoms with E-state index >= 15 is 0 Å². The van der Waals surface area contributed by atoms with Crippen molar-refractivity contribution in [3.8, 4) is 5.75 Å². The molecular formula is C13H13BrN2O. The van der Waals surface area contributed by atoms with Gasteiger partial charge in [-0.25, -0.2) is 4.98 Å². The lowest BCUT2D eigenvalue weighted by Gasteiger charge is -2.08. The Morgan fingerprint density at radius 3 is 2.59 bits per heavy atom. The highest BCUT2D eigenvalue weighted by Gasteiger charge is 2.03. The largest absolute Gasteiger partial charge is 0.486 e. The molecule has 17 heavy (non-hydrogen) atoms. The number of ether oxygens (including phenoxy) is 1. The van der Waals surface area contributed by atoms with Crippen LogP contribution in [0, 0.1) is 0 Å². The van der Waals surface area contributed by atoms with Crippen LogP contribution in [0.3, 0.4) is 0 Å². The van der Waals surface area contributed by atoms with Gasteiger partial charge in [-0.05, 0) is 33.6 Å². The van der Waals surface area contributed by atoms with Gasteiger partial charge in [-0.15, -0.1) is 0 Å². The zero-order chi connectivity index (χ0) is 12.1. The summed E-state index contributed by atoms with van der Waals surface area (Å²) < 4.78 is 6.39. The van der Waals surface area contributed by atoms with E-state index in [-0.39, 0.29) is 0 Å². The molecule has 0 spiro atoms. The Morgan fingerprint density at radius 1 is 1.18 bits per heavy atom. The first-order valence-corrected chi connectivity index (χ1v) is 6.10. The van der Waals surface area contributed by atoms with E-state index in [9.17, 15) is 0 Å². The smallest absolute Gasteiger partial charge is 0.152 e. The Balaban J connectivity index is 2.04. The van der Waals surface area contributed by atoms with Crippen molar-refractivity contribution in [2.24, 2.45) is 0 Å². The predicted molar refractivity (Wildman–Crippen MR) is 72.3 cm³/mol. The van der Waals surface area contributed by atoms with Crippen LogP contribution in [0.5, 0.6) is 5.75 Å². The number of hydrogen-bond acceptors (Lipinski definition) is 3. The van der Waals surface area contributed by atoms with Crippen LogP contribution in [-0.4, -0.2) is 12.0 Å². The minimum atomic E-state index is 0.542. The zero-order valence-electron chi connectivity index (χ0n) is 9.48. The third-order valence-electron chi connectivity index (χ3n) is 2.31.